The topological polar surface area (TPSA) is 0 Å². The third kappa shape index (κ3) is 12.7. The Morgan fingerprint density at radius 3 is 1.78 bits per heavy atom. The number of rotatable bonds is 3. The summed E-state index contributed by atoms with van der Waals surface area (Å²) in [4.78, 5) is 0. The van der Waals surface area contributed by atoms with E-state index >= 15 is 0 Å². The summed E-state index contributed by atoms with van der Waals surface area (Å²) in [7, 11) is 0.479. The van der Waals surface area contributed by atoms with Gasteiger partial charge in [-0.2, -0.15) is 0 Å². The van der Waals surface area contributed by atoms with Crippen molar-refractivity contribution in [2.75, 3.05) is 39.0 Å². The summed E-state index contributed by atoms with van der Waals surface area (Å²) in [5, 5.41) is 0. The van der Waals surface area contributed by atoms with Crippen molar-refractivity contribution in [3.05, 3.63) is 0 Å². The molecule has 0 aromatic carbocycles. The van der Waals surface area contributed by atoms with Crippen molar-refractivity contribution >= 4 is 15.8 Å². The Labute approximate surface area is 75.3 Å². The summed E-state index contributed by atoms with van der Waals surface area (Å²) in [6, 6.07) is 0. The molecule has 0 aliphatic carbocycles. The van der Waals surface area contributed by atoms with E-state index in [4.69, 9.17) is 0 Å². The largest absolute Gasteiger partial charge is 0.109 e. The molecule has 0 N–H and O–H groups in total. The molecule has 0 aliphatic rings. The second-order valence-electron chi connectivity index (χ2n) is 2.76. The normalized spacial score (nSPS) is 10.0. The Kier molecular flexibility index (Phi) is 11.1. The Morgan fingerprint density at radius 2 is 1.67 bits per heavy atom. The molecule has 0 aliphatic heterocycles. The first-order chi connectivity index (χ1) is 3.63. The van der Waals surface area contributed by atoms with Crippen LogP contribution in [-0.2, 0) is 20.4 Å². The monoisotopic (exact) mass is 257 g/mol. The van der Waals surface area contributed by atoms with Gasteiger partial charge in [-0.1, -0.05) is 0 Å². The van der Waals surface area contributed by atoms with Gasteiger partial charge < -0.3 is 0 Å². The Balaban J connectivity index is 0. The van der Waals surface area contributed by atoms with Gasteiger partial charge in [-0.25, -0.2) is 0 Å². The van der Waals surface area contributed by atoms with Crippen LogP contribution < -0.4 is 0 Å². The Hall–Kier alpha value is 1.52. The van der Waals surface area contributed by atoms with Crippen LogP contribution in [0, 0.1) is 0 Å². The van der Waals surface area contributed by atoms with Crippen LogP contribution in [0.2, 0.25) is 0 Å². The zero-order valence-corrected chi connectivity index (χ0v) is 10.1. The first kappa shape index (κ1) is 13.1. The van der Waals surface area contributed by atoms with Crippen molar-refractivity contribution in [3.63, 3.8) is 0 Å². The van der Waals surface area contributed by atoms with Crippen molar-refractivity contribution in [1.29, 1.82) is 0 Å². The van der Waals surface area contributed by atoms with Crippen LogP contribution in [0.1, 0.15) is 0 Å². The van der Waals surface area contributed by atoms with Gasteiger partial charge in [-0.15, -0.1) is 7.92 Å². The maximum atomic E-state index is 2.39. The minimum Gasteiger partial charge on any atom is -0.109 e. The molecular formula is C6H17P2Pd+. The van der Waals surface area contributed by atoms with E-state index in [-0.39, 0.29) is 28.3 Å². The van der Waals surface area contributed by atoms with Gasteiger partial charge in [0.05, 0.1) is 6.16 Å². The van der Waals surface area contributed by atoms with Crippen LogP contribution >= 0.6 is 15.8 Å². The van der Waals surface area contributed by atoms with Gasteiger partial charge in [-0.3, -0.25) is 0 Å². The van der Waals surface area contributed by atoms with Crippen molar-refractivity contribution in [2.24, 2.45) is 0 Å². The second kappa shape index (κ2) is 7.63. The molecule has 0 aromatic rings. The molecule has 0 saturated carbocycles. The van der Waals surface area contributed by atoms with Crippen LogP contribution in [0.15, 0.2) is 0 Å². The zero-order chi connectivity index (χ0) is 6.57. The summed E-state index contributed by atoms with van der Waals surface area (Å²) in [5.74, 6) is 0. The Bertz CT molecular complexity index is 47.0. The predicted octanol–water partition coefficient (Wildman–Crippen LogP) is 2.20. The van der Waals surface area contributed by atoms with E-state index in [1.54, 1.807) is 0 Å². The summed E-state index contributed by atoms with van der Waals surface area (Å²) in [6.45, 7) is 9.51. The SMILES string of the molecule is CP(C)CC[PH+](C)C.[Pd]. The van der Waals surface area contributed by atoms with E-state index < -0.39 is 0 Å². The van der Waals surface area contributed by atoms with Gasteiger partial charge in [0.15, 0.2) is 0 Å². The molecule has 0 aromatic heterocycles. The quantitative estimate of drug-likeness (QED) is 0.537. The molecule has 0 fully saturated rings. The van der Waals surface area contributed by atoms with Crippen LogP contribution in [0.4, 0.5) is 0 Å². The molecule has 60 valence electrons. The molecular weight excluding hydrogens is 240 g/mol. The van der Waals surface area contributed by atoms with Gasteiger partial charge in [0.25, 0.3) is 0 Å². The molecule has 0 nitrogen and oxygen atoms in total. The van der Waals surface area contributed by atoms with Gasteiger partial charge in [0, 0.05) is 39.9 Å². The number of hydrogen-bond acceptors (Lipinski definition) is 0. The molecule has 0 atom stereocenters. The average molecular weight is 258 g/mol. The third-order valence-corrected chi connectivity index (χ3v) is 3.85. The summed E-state index contributed by atoms with van der Waals surface area (Å²) >= 11 is 0. The van der Waals surface area contributed by atoms with Gasteiger partial charge >= 0.3 is 0 Å². The molecule has 0 heterocycles. The first-order valence-electron chi connectivity index (χ1n) is 3.06. The maximum absolute atomic E-state index is 2.39. The molecule has 0 amide bonds. The van der Waals surface area contributed by atoms with E-state index in [1.165, 1.54) is 12.3 Å². The van der Waals surface area contributed by atoms with Crippen molar-refractivity contribution in [2.45, 2.75) is 0 Å². The predicted molar refractivity (Wildman–Crippen MR) is 48.7 cm³/mol. The van der Waals surface area contributed by atoms with Gasteiger partial charge in [-0.05, 0) is 21.3 Å². The summed E-state index contributed by atoms with van der Waals surface area (Å²) < 4.78 is 0. The molecule has 0 spiro atoms. The fourth-order valence-electron chi connectivity index (χ4n) is 0.447. The zero-order valence-electron chi connectivity index (χ0n) is 6.68. The van der Waals surface area contributed by atoms with Crippen LogP contribution in [0.25, 0.3) is 0 Å². The second-order valence-corrected chi connectivity index (χ2v) is 8.28. The number of hydrogen-bond donors (Lipinski definition) is 0. The van der Waals surface area contributed by atoms with Gasteiger partial charge in [0.1, 0.15) is 0 Å². The molecule has 0 rings (SSSR count). The average Bonchev–Trinajstić information content (AvgIpc) is 1.61. The van der Waals surface area contributed by atoms with Crippen molar-refractivity contribution < 1.29 is 20.4 Å². The molecule has 3 heteroatoms. The molecule has 0 radical (unpaired) electrons. The van der Waals surface area contributed by atoms with E-state index in [2.05, 4.69) is 26.7 Å². The minimum atomic E-state index is 0. The maximum Gasteiger partial charge on any atom is 0.0605 e. The van der Waals surface area contributed by atoms with Gasteiger partial charge in [0.2, 0.25) is 0 Å². The van der Waals surface area contributed by atoms with E-state index in [1.807, 2.05) is 0 Å². The summed E-state index contributed by atoms with van der Waals surface area (Å²) in [5.41, 5.74) is 0. The van der Waals surface area contributed by atoms with Crippen LogP contribution in [0.5, 0.6) is 0 Å². The smallest absolute Gasteiger partial charge is 0.0605 e. The molecule has 0 unspecified atom stereocenters. The van der Waals surface area contributed by atoms with E-state index in [9.17, 15) is 0 Å². The van der Waals surface area contributed by atoms with E-state index in [0.717, 1.165) is 0 Å². The molecule has 0 bridgehead atoms. The minimum absolute atomic E-state index is 0. The Morgan fingerprint density at radius 1 is 1.22 bits per heavy atom. The van der Waals surface area contributed by atoms with Crippen molar-refractivity contribution in [1.82, 2.24) is 0 Å². The summed E-state index contributed by atoms with van der Waals surface area (Å²) in [6.07, 6.45) is 3.01. The van der Waals surface area contributed by atoms with Crippen LogP contribution in [0.3, 0.4) is 0 Å². The standard InChI is InChI=1S/C6H16P2.Pd/c1-7(2)5-6-8(3)4;/h5-6H2,1-4H3;/p+1. The molecule has 0 saturated heterocycles. The fraction of sp³-hybridized carbons (Fsp3) is 1.00. The third-order valence-electron chi connectivity index (χ3n) is 1.06. The van der Waals surface area contributed by atoms with Crippen LogP contribution in [-0.4, -0.2) is 39.0 Å². The fourth-order valence-corrected chi connectivity index (χ4v) is 4.02. The molecule has 9 heavy (non-hydrogen) atoms. The first-order valence-corrected chi connectivity index (χ1v) is 8.19. The van der Waals surface area contributed by atoms with E-state index in [0.29, 0.717) is 7.92 Å². The van der Waals surface area contributed by atoms with Crippen molar-refractivity contribution in [3.8, 4) is 0 Å².